The first-order valence-electron chi connectivity index (χ1n) is 4.41. The topological polar surface area (TPSA) is 46.2 Å². The molecular weight excluding hydrogens is 221 g/mol. The van der Waals surface area contributed by atoms with E-state index < -0.39 is 0 Å². The molecule has 78 valence electrons. The molecule has 0 aromatic heterocycles. The Hall–Kier alpha value is -0.440. The lowest BCUT2D eigenvalue weighted by Gasteiger charge is -2.11. The summed E-state index contributed by atoms with van der Waals surface area (Å²) in [7, 11) is 0. The molecule has 3 N–H and O–H groups in total. The summed E-state index contributed by atoms with van der Waals surface area (Å²) in [6.45, 7) is 2.58. The number of nitrogens with two attached hydrogens (primary N) is 1. The van der Waals surface area contributed by atoms with Gasteiger partial charge in [-0.3, -0.25) is 0 Å². The van der Waals surface area contributed by atoms with E-state index in [1.165, 1.54) is 6.07 Å². The second-order valence-electron chi connectivity index (χ2n) is 3.44. The molecule has 0 radical (unpaired) electrons. The van der Waals surface area contributed by atoms with Crippen molar-refractivity contribution < 1.29 is 5.11 Å². The largest absolute Gasteiger partial charge is 0.506 e. The minimum absolute atomic E-state index is 0.108. The molecule has 1 aromatic rings. The standard InChI is InChI=1S/C10H13Cl2NO/c1-6(5-13)2-7-3-8(11)4-9(12)10(7)14/h3-4,6,14H,2,5,13H2,1H3. The van der Waals surface area contributed by atoms with Crippen LogP contribution in [0.3, 0.4) is 0 Å². The molecule has 0 aliphatic rings. The van der Waals surface area contributed by atoms with Crippen LogP contribution < -0.4 is 5.73 Å². The maximum absolute atomic E-state index is 9.63. The zero-order valence-electron chi connectivity index (χ0n) is 7.93. The molecule has 14 heavy (non-hydrogen) atoms. The van der Waals surface area contributed by atoms with Crippen molar-refractivity contribution in [3.8, 4) is 5.75 Å². The van der Waals surface area contributed by atoms with Gasteiger partial charge < -0.3 is 10.8 Å². The zero-order chi connectivity index (χ0) is 10.7. The van der Waals surface area contributed by atoms with Crippen molar-refractivity contribution in [1.29, 1.82) is 0 Å². The van der Waals surface area contributed by atoms with E-state index in [4.69, 9.17) is 28.9 Å². The number of hydrogen-bond donors (Lipinski definition) is 2. The van der Waals surface area contributed by atoms with Crippen LogP contribution in [0.1, 0.15) is 12.5 Å². The monoisotopic (exact) mass is 233 g/mol. The second-order valence-corrected chi connectivity index (χ2v) is 4.28. The van der Waals surface area contributed by atoms with Crippen molar-refractivity contribution in [2.24, 2.45) is 11.7 Å². The average Bonchev–Trinajstić information content (AvgIpc) is 2.13. The second kappa shape index (κ2) is 4.87. The maximum atomic E-state index is 9.63. The summed E-state index contributed by atoms with van der Waals surface area (Å²) in [6, 6.07) is 3.24. The molecule has 0 aliphatic carbocycles. The van der Waals surface area contributed by atoms with Crippen LogP contribution in [0.25, 0.3) is 0 Å². The van der Waals surface area contributed by atoms with Crippen molar-refractivity contribution >= 4 is 23.2 Å². The molecule has 1 rings (SSSR count). The first-order valence-corrected chi connectivity index (χ1v) is 5.17. The van der Waals surface area contributed by atoms with Gasteiger partial charge in [0.05, 0.1) is 5.02 Å². The molecule has 1 aromatic carbocycles. The molecule has 0 heterocycles. The van der Waals surface area contributed by atoms with E-state index in [1.54, 1.807) is 6.07 Å². The first-order chi connectivity index (χ1) is 6.54. The lowest BCUT2D eigenvalue weighted by atomic mass is 10.0. The highest BCUT2D eigenvalue weighted by atomic mass is 35.5. The van der Waals surface area contributed by atoms with Crippen molar-refractivity contribution in [3.05, 3.63) is 27.7 Å². The van der Waals surface area contributed by atoms with E-state index >= 15 is 0 Å². The number of aromatic hydroxyl groups is 1. The van der Waals surface area contributed by atoms with Crippen LogP contribution in [0.2, 0.25) is 10.0 Å². The summed E-state index contributed by atoms with van der Waals surface area (Å²) in [5, 5.41) is 10.5. The van der Waals surface area contributed by atoms with Gasteiger partial charge in [-0.15, -0.1) is 0 Å². The van der Waals surface area contributed by atoms with Gasteiger partial charge in [0, 0.05) is 5.02 Å². The van der Waals surface area contributed by atoms with Gasteiger partial charge in [0.15, 0.2) is 0 Å². The minimum atomic E-state index is 0.108. The number of benzene rings is 1. The fourth-order valence-corrected chi connectivity index (χ4v) is 1.77. The van der Waals surface area contributed by atoms with Crippen LogP contribution >= 0.6 is 23.2 Å². The van der Waals surface area contributed by atoms with Gasteiger partial charge in [-0.25, -0.2) is 0 Å². The average molecular weight is 234 g/mol. The van der Waals surface area contributed by atoms with Crippen molar-refractivity contribution in [1.82, 2.24) is 0 Å². The molecule has 0 bridgehead atoms. The van der Waals surface area contributed by atoms with Gasteiger partial charge in [0.25, 0.3) is 0 Å². The van der Waals surface area contributed by atoms with E-state index in [1.807, 2.05) is 6.92 Å². The summed E-state index contributed by atoms with van der Waals surface area (Å²) in [6.07, 6.45) is 0.683. The molecule has 1 atom stereocenters. The summed E-state index contributed by atoms with van der Waals surface area (Å²) < 4.78 is 0. The lowest BCUT2D eigenvalue weighted by molar-refractivity contribution is 0.460. The van der Waals surface area contributed by atoms with Gasteiger partial charge >= 0.3 is 0 Å². The number of phenols is 1. The van der Waals surface area contributed by atoms with Gasteiger partial charge in [-0.05, 0) is 36.6 Å². The van der Waals surface area contributed by atoms with Crippen molar-refractivity contribution in [3.63, 3.8) is 0 Å². The number of rotatable bonds is 3. The Kier molecular flexibility index (Phi) is 4.05. The van der Waals surface area contributed by atoms with Crippen molar-refractivity contribution in [2.75, 3.05) is 6.54 Å². The molecule has 0 aliphatic heterocycles. The number of halogens is 2. The van der Waals surface area contributed by atoms with E-state index in [0.29, 0.717) is 23.9 Å². The highest BCUT2D eigenvalue weighted by molar-refractivity contribution is 6.35. The number of phenolic OH excluding ortho intramolecular Hbond substituents is 1. The normalized spacial score (nSPS) is 12.9. The Bertz CT molecular complexity index is 328. The number of hydrogen-bond acceptors (Lipinski definition) is 2. The van der Waals surface area contributed by atoms with Gasteiger partial charge in [0.1, 0.15) is 5.75 Å². The lowest BCUT2D eigenvalue weighted by Crippen LogP contribution is -2.13. The van der Waals surface area contributed by atoms with Crippen LogP contribution in [-0.4, -0.2) is 11.7 Å². The zero-order valence-corrected chi connectivity index (χ0v) is 9.44. The van der Waals surface area contributed by atoms with Gasteiger partial charge in [-0.1, -0.05) is 30.1 Å². The maximum Gasteiger partial charge on any atom is 0.137 e. The molecular formula is C10H13Cl2NO. The molecule has 4 heteroatoms. The molecule has 0 amide bonds. The highest BCUT2D eigenvalue weighted by Crippen LogP contribution is 2.32. The van der Waals surface area contributed by atoms with E-state index in [-0.39, 0.29) is 10.8 Å². The fraction of sp³-hybridized carbons (Fsp3) is 0.400. The van der Waals surface area contributed by atoms with E-state index in [2.05, 4.69) is 0 Å². The van der Waals surface area contributed by atoms with Crippen LogP contribution in [0.5, 0.6) is 5.75 Å². The smallest absolute Gasteiger partial charge is 0.137 e. The third-order valence-electron chi connectivity index (χ3n) is 2.08. The third-order valence-corrected chi connectivity index (χ3v) is 2.58. The third kappa shape index (κ3) is 2.77. The van der Waals surface area contributed by atoms with Gasteiger partial charge in [0.2, 0.25) is 0 Å². The molecule has 1 unspecified atom stereocenters. The Morgan fingerprint density at radius 2 is 2.07 bits per heavy atom. The van der Waals surface area contributed by atoms with E-state index in [9.17, 15) is 5.11 Å². The summed E-state index contributed by atoms with van der Waals surface area (Å²) in [5.74, 6) is 0.409. The van der Waals surface area contributed by atoms with E-state index in [0.717, 1.165) is 5.56 Å². The fourth-order valence-electron chi connectivity index (χ4n) is 1.23. The quantitative estimate of drug-likeness (QED) is 0.844. The Balaban J connectivity index is 2.96. The summed E-state index contributed by atoms with van der Waals surface area (Å²) in [5.41, 5.74) is 6.25. The van der Waals surface area contributed by atoms with Crippen molar-refractivity contribution in [2.45, 2.75) is 13.3 Å². The molecule has 0 fully saturated rings. The summed E-state index contributed by atoms with van der Waals surface area (Å²) >= 11 is 11.6. The highest BCUT2D eigenvalue weighted by Gasteiger charge is 2.10. The molecule has 0 saturated heterocycles. The molecule has 2 nitrogen and oxygen atoms in total. The Labute approximate surface area is 93.6 Å². The molecule has 0 spiro atoms. The van der Waals surface area contributed by atoms with Gasteiger partial charge in [-0.2, -0.15) is 0 Å². The van der Waals surface area contributed by atoms with Crippen LogP contribution in [0, 0.1) is 5.92 Å². The Morgan fingerprint density at radius 1 is 1.43 bits per heavy atom. The molecule has 0 saturated carbocycles. The predicted molar refractivity (Wildman–Crippen MR) is 60.0 cm³/mol. The minimum Gasteiger partial charge on any atom is -0.506 e. The van der Waals surface area contributed by atoms with Crippen LogP contribution in [0.15, 0.2) is 12.1 Å². The first kappa shape index (κ1) is 11.6. The van der Waals surface area contributed by atoms with Crippen LogP contribution in [0.4, 0.5) is 0 Å². The Morgan fingerprint density at radius 3 is 2.64 bits per heavy atom. The van der Waals surface area contributed by atoms with Crippen LogP contribution in [-0.2, 0) is 6.42 Å². The SMILES string of the molecule is CC(CN)Cc1cc(Cl)cc(Cl)c1O. The predicted octanol–water partition coefficient (Wildman–Crippen LogP) is 2.84. The summed E-state index contributed by atoms with van der Waals surface area (Å²) in [4.78, 5) is 0.